The van der Waals surface area contributed by atoms with Crippen molar-refractivity contribution in [3.63, 3.8) is 0 Å². The maximum atomic E-state index is 13.1. The van der Waals surface area contributed by atoms with Crippen molar-refractivity contribution in [1.29, 1.82) is 0 Å². The summed E-state index contributed by atoms with van der Waals surface area (Å²) in [6.45, 7) is 3.86. The minimum absolute atomic E-state index is 0.0116. The Kier molecular flexibility index (Phi) is 5.19. The number of ketones is 1. The lowest BCUT2D eigenvalue weighted by Gasteiger charge is -2.51. The minimum atomic E-state index is -0.570. The molecule has 7 nitrogen and oxygen atoms in total. The molecule has 0 spiro atoms. The molecule has 0 amide bonds. The van der Waals surface area contributed by atoms with E-state index in [2.05, 4.69) is 22.1 Å². The maximum absolute atomic E-state index is 13.1. The predicted octanol–water partition coefficient (Wildman–Crippen LogP) is 4.15. The first-order chi connectivity index (χ1) is 16.0. The van der Waals surface area contributed by atoms with Crippen LogP contribution in [0.25, 0.3) is 11.3 Å². The van der Waals surface area contributed by atoms with Gasteiger partial charge in [-0.25, -0.2) is 19.9 Å². The quantitative estimate of drug-likeness (QED) is 0.481. The zero-order chi connectivity index (χ0) is 23.2. The third kappa shape index (κ3) is 3.22. The largest absolute Gasteiger partial charge is 0.515 e. The first-order valence-corrected chi connectivity index (χ1v) is 11.1. The molecule has 3 atom stereocenters. The van der Waals surface area contributed by atoms with Gasteiger partial charge in [-0.2, -0.15) is 0 Å². The monoisotopic (exact) mass is 442 g/mol. The number of ether oxygens (including phenoxy) is 1. The van der Waals surface area contributed by atoms with Crippen LogP contribution in [-0.4, -0.2) is 37.9 Å². The average molecular weight is 443 g/mol. The Hall–Kier alpha value is -3.61. The van der Waals surface area contributed by atoms with Crippen LogP contribution in [0, 0.1) is 18.8 Å². The standard InChI is InChI=1S/C26H26N4O3/c1-15-22-9-8-21-23(18-11-27-14-28-12-18)29-16(2)30-25(21)26(22,10-17(13-31)24(15)32)19-4-6-20(33-3)7-5-19/h4-7,11-15,22,31H,8-10H2,1-3H3/b17-13-/t15-,22-,26+/m0/s1. The molecule has 2 aromatic heterocycles. The highest BCUT2D eigenvalue weighted by Crippen LogP contribution is 2.56. The summed E-state index contributed by atoms with van der Waals surface area (Å²) in [5, 5.41) is 10.00. The van der Waals surface area contributed by atoms with Gasteiger partial charge in [0, 0.05) is 40.4 Å². The van der Waals surface area contributed by atoms with E-state index >= 15 is 0 Å². The summed E-state index contributed by atoms with van der Waals surface area (Å²) in [6.07, 6.45) is 7.99. The van der Waals surface area contributed by atoms with E-state index in [1.165, 1.54) is 6.33 Å². The highest BCUT2D eigenvalue weighted by atomic mass is 16.5. The van der Waals surface area contributed by atoms with Gasteiger partial charge in [-0.1, -0.05) is 19.1 Å². The SMILES string of the molecule is COc1ccc([C@]23C/C(=C/O)C(=O)[C@@H](C)[C@@H]2CCc2c(-c4cncnc4)nc(C)nc23)cc1. The van der Waals surface area contributed by atoms with Crippen molar-refractivity contribution in [2.45, 2.75) is 38.5 Å². The molecule has 7 heteroatoms. The van der Waals surface area contributed by atoms with Crippen molar-refractivity contribution in [3.8, 4) is 17.0 Å². The van der Waals surface area contributed by atoms with Gasteiger partial charge >= 0.3 is 0 Å². The van der Waals surface area contributed by atoms with Gasteiger partial charge in [-0.05, 0) is 49.8 Å². The average Bonchev–Trinajstić information content (AvgIpc) is 2.86. The smallest absolute Gasteiger partial charge is 0.165 e. The Morgan fingerprint density at radius 3 is 2.55 bits per heavy atom. The van der Waals surface area contributed by atoms with E-state index < -0.39 is 5.41 Å². The van der Waals surface area contributed by atoms with Gasteiger partial charge in [0.25, 0.3) is 0 Å². The molecule has 2 aliphatic carbocycles. The molecule has 0 saturated heterocycles. The number of allylic oxidation sites excluding steroid dienone is 1. The number of aliphatic hydroxyl groups is 1. The van der Waals surface area contributed by atoms with Gasteiger partial charge < -0.3 is 9.84 Å². The molecule has 5 rings (SSSR count). The Balaban J connectivity index is 1.82. The van der Waals surface area contributed by atoms with Crippen molar-refractivity contribution < 1.29 is 14.6 Å². The number of hydrogen-bond acceptors (Lipinski definition) is 7. The highest BCUT2D eigenvalue weighted by molar-refractivity contribution is 5.98. The lowest BCUT2D eigenvalue weighted by atomic mass is 9.52. The molecule has 0 radical (unpaired) electrons. The number of Topliss-reactive ketones (excluding diaryl/α,β-unsaturated/α-hetero) is 1. The van der Waals surface area contributed by atoms with Crippen molar-refractivity contribution in [2.75, 3.05) is 7.11 Å². The molecule has 0 bridgehead atoms. The van der Waals surface area contributed by atoms with Crippen LogP contribution in [0.15, 0.2) is 54.8 Å². The fourth-order valence-corrected chi connectivity index (χ4v) is 5.79. The zero-order valence-corrected chi connectivity index (χ0v) is 18.9. The lowest BCUT2D eigenvalue weighted by Crippen LogP contribution is -2.51. The second kappa shape index (κ2) is 8.06. The first kappa shape index (κ1) is 21.2. The molecule has 2 aliphatic rings. The molecule has 0 unspecified atom stereocenters. The normalized spacial score (nSPS) is 25.4. The van der Waals surface area contributed by atoms with Crippen molar-refractivity contribution in [2.24, 2.45) is 11.8 Å². The van der Waals surface area contributed by atoms with Gasteiger partial charge in [0.05, 0.1) is 24.8 Å². The van der Waals surface area contributed by atoms with Gasteiger partial charge in [0.15, 0.2) is 5.78 Å². The van der Waals surface area contributed by atoms with Crippen LogP contribution in [0.1, 0.15) is 42.4 Å². The van der Waals surface area contributed by atoms with Crippen molar-refractivity contribution >= 4 is 5.78 Å². The Labute approximate surface area is 192 Å². The van der Waals surface area contributed by atoms with Gasteiger partial charge in [-0.3, -0.25) is 4.79 Å². The molecule has 1 aromatic carbocycles. The fourth-order valence-electron chi connectivity index (χ4n) is 5.79. The number of fused-ring (bicyclic) bond motifs is 3. The number of carbonyl (C=O) groups excluding carboxylic acids is 1. The first-order valence-electron chi connectivity index (χ1n) is 11.1. The third-order valence-corrected chi connectivity index (χ3v) is 7.28. The van der Waals surface area contributed by atoms with Crippen molar-refractivity contribution in [3.05, 3.63) is 77.5 Å². The van der Waals surface area contributed by atoms with Gasteiger partial charge in [0.2, 0.25) is 0 Å². The summed E-state index contributed by atoms with van der Waals surface area (Å²) in [6, 6.07) is 8.00. The zero-order valence-electron chi connectivity index (χ0n) is 18.9. The van der Waals surface area contributed by atoms with Gasteiger partial charge in [0.1, 0.15) is 17.9 Å². The second-order valence-electron chi connectivity index (χ2n) is 8.90. The van der Waals surface area contributed by atoms with Crippen LogP contribution >= 0.6 is 0 Å². The van der Waals surface area contributed by atoms with E-state index in [4.69, 9.17) is 14.7 Å². The number of aliphatic hydroxyl groups excluding tert-OH is 1. The van der Waals surface area contributed by atoms with E-state index in [1.54, 1.807) is 19.5 Å². The van der Waals surface area contributed by atoms with Crippen LogP contribution in [0.3, 0.4) is 0 Å². The number of nitrogens with zero attached hydrogens (tertiary/aromatic N) is 4. The van der Waals surface area contributed by atoms with Crippen LogP contribution < -0.4 is 4.74 Å². The van der Waals surface area contributed by atoms with Crippen LogP contribution in [0.5, 0.6) is 5.75 Å². The second-order valence-corrected chi connectivity index (χ2v) is 8.90. The van der Waals surface area contributed by atoms with E-state index in [9.17, 15) is 9.90 Å². The molecule has 1 fully saturated rings. The van der Waals surface area contributed by atoms with E-state index in [1.807, 2.05) is 26.0 Å². The molecule has 1 saturated carbocycles. The van der Waals surface area contributed by atoms with Crippen LogP contribution in [0.4, 0.5) is 0 Å². The van der Waals surface area contributed by atoms with E-state index in [0.717, 1.165) is 52.9 Å². The summed E-state index contributed by atoms with van der Waals surface area (Å²) in [4.78, 5) is 31.2. The summed E-state index contributed by atoms with van der Waals surface area (Å²) in [5.74, 6) is 1.23. The number of aromatic nitrogens is 4. The molecule has 3 aromatic rings. The topological polar surface area (TPSA) is 98.1 Å². The predicted molar refractivity (Wildman–Crippen MR) is 123 cm³/mol. The summed E-state index contributed by atoms with van der Waals surface area (Å²) < 4.78 is 5.39. The number of methoxy groups -OCH3 is 1. The van der Waals surface area contributed by atoms with E-state index in [0.29, 0.717) is 17.8 Å². The van der Waals surface area contributed by atoms with E-state index in [-0.39, 0.29) is 17.6 Å². The molecule has 33 heavy (non-hydrogen) atoms. The van der Waals surface area contributed by atoms with Crippen LogP contribution in [0.2, 0.25) is 0 Å². The molecule has 2 heterocycles. The molecule has 0 aliphatic heterocycles. The molecular formula is C26H26N4O3. The molecule has 168 valence electrons. The Morgan fingerprint density at radius 2 is 1.88 bits per heavy atom. The van der Waals surface area contributed by atoms with Crippen LogP contribution in [-0.2, 0) is 16.6 Å². The third-order valence-electron chi connectivity index (χ3n) is 7.28. The van der Waals surface area contributed by atoms with Gasteiger partial charge in [-0.15, -0.1) is 0 Å². The Morgan fingerprint density at radius 1 is 1.15 bits per heavy atom. The summed E-state index contributed by atoms with van der Waals surface area (Å²) >= 11 is 0. The Bertz CT molecular complexity index is 1240. The summed E-state index contributed by atoms with van der Waals surface area (Å²) in [7, 11) is 1.64. The lowest BCUT2D eigenvalue weighted by molar-refractivity contribution is -0.123. The van der Waals surface area contributed by atoms with Crippen molar-refractivity contribution in [1.82, 2.24) is 19.9 Å². The fraction of sp³-hybridized carbons (Fsp3) is 0.346. The minimum Gasteiger partial charge on any atom is -0.515 e. The number of benzene rings is 1. The number of hydrogen-bond donors (Lipinski definition) is 1. The molecular weight excluding hydrogens is 416 g/mol. The number of rotatable bonds is 3. The number of aryl methyl sites for hydroxylation is 1. The number of carbonyl (C=O) groups is 1. The molecule has 1 N–H and O–H groups in total. The summed E-state index contributed by atoms with van der Waals surface area (Å²) in [5.41, 5.74) is 4.59. The highest BCUT2D eigenvalue weighted by Gasteiger charge is 2.55. The maximum Gasteiger partial charge on any atom is 0.165 e.